The molecule has 0 fully saturated rings. The van der Waals surface area contributed by atoms with Crippen LogP contribution in [0.3, 0.4) is 0 Å². The van der Waals surface area contributed by atoms with Gasteiger partial charge in [0, 0.05) is 18.0 Å². The van der Waals surface area contributed by atoms with Gasteiger partial charge in [0.1, 0.15) is 6.04 Å². The van der Waals surface area contributed by atoms with Crippen LogP contribution in [0.25, 0.3) is 0 Å². The number of nitrogens with two attached hydrogens (primary N) is 1. The fourth-order valence-electron chi connectivity index (χ4n) is 0.777. The Morgan fingerprint density at radius 2 is 2.67 bits per heavy atom. The van der Waals surface area contributed by atoms with E-state index in [2.05, 4.69) is 9.72 Å². The van der Waals surface area contributed by atoms with E-state index in [1.54, 1.807) is 6.20 Å². The standard InChI is InChI=1S/C7H10N2O2S/c1-11-7(10)5(8)4-6-9-2-3-12-6/h2-3,5H,4,8H2,1H3/t5-/m0/s1. The second-order valence-corrected chi connectivity index (χ2v) is 3.24. The Kier molecular flexibility index (Phi) is 3.19. The Balaban J connectivity index is 2.47. The highest BCUT2D eigenvalue weighted by Gasteiger charge is 2.14. The van der Waals surface area contributed by atoms with E-state index in [4.69, 9.17) is 5.73 Å². The van der Waals surface area contributed by atoms with Gasteiger partial charge in [-0.3, -0.25) is 4.79 Å². The Bertz CT molecular complexity index is 248. The molecule has 0 aliphatic carbocycles. The maximum absolute atomic E-state index is 10.9. The minimum atomic E-state index is -0.596. The van der Waals surface area contributed by atoms with Crippen LogP contribution >= 0.6 is 11.3 Å². The lowest BCUT2D eigenvalue weighted by molar-refractivity contribution is -0.142. The molecule has 4 nitrogen and oxygen atoms in total. The van der Waals surface area contributed by atoms with E-state index in [9.17, 15) is 4.79 Å². The third-order valence-corrected chi connectivity index (χ3v) is 2.18. The van der Waals surface area contributed by atoms with E-state index in [1.807, 2.05) is 5.38 Å². The van der Waals surface area contributed by atoms with Gasteiger partial charge in [-0.2, -0.15) is 0 Å². The molecule has 5 heteroatoms. The van der Waals surface area contributed by atoms with Gasteiger partial charge >= 0.3 is 5.97 Å². The maximum atomic E-state index is 10.9. The predicted octanol–water partition coefficient (Wildman–Crippen LogP) is 0.186. The number of aromatic nitrogens is 1. The number of carbonyl (C=O) groups is 1. The van der Waals surface area contributed by atoms with E-state index >= 15 is 0 Å². The number of hydrogen-bond acceptors (Lipinski definition) is 5. The lowest BCUT2D eigenvalue weighted by Gasteiger charge is -2.05. The summed E-state index contributed by atoms with van der Waals surface area (Å²) < 4.78 is 4.47. The third-order valence-electron chi connectivity index (χ3n) is 1.38. The average Bonchev–Trinajstić information content (AvgIpc) is 2.55. The van der Waals surface area contributed by atoms with Crippen molar-refractivity contribution in [3.05, 3.63) is 16.6 Å². The Hall–Kier alpha value is -0.940. The Morgan fingerprint density at radius 3 is 3.17 bits per heavy atom. The largest absolute Gasteiger partial charge is 0.468 e. The van der Waals surface area contributed by atoms with Crippen molar-refractivity contribution in [1.82, 2.24) is 4.98 Å². The van der Waals surface area contributed by atoms with Gasteiger partial charge in [0.2, 0.25) is 0 Å². The van der Waals surface area contributed by atoms with Crippen LogP contribution in [0.15, 0.2) is 11.6 Å². The molecule has 0 aliphatic heterocycles. The molecule has 0 amide bonds. The van der Waals surface area contributed by atoms with Gasteiger partial charge in [0.05, 0.1) is 12.1 Å². The monoisotopic (exact) mass is 186 g/mol. The van der Waals surface area contributed by atoms with Crippen LogP contribution in [0.2, 0.25) is 0 Å². The van der Waals surface area contributed by atoms with Crippen LogP contribution in [0.5, 0.6) is 0 Å². The highest BCUT2D eigenvalue weighted by atomic mass is 32.1. The van der Waals surface area contributed by atoms with Gasteiger partial charge in [-0.15, -0.1) is 11.3 Å². The van der Waals surface area contributed by atoms with Crippen molar-refractivity contribution in [3.63, 3.8) is 0 Å². The first-order valence-corrected chi connectivity index (χ1v) is 4.33. The number of ether oxygens (including phenoxy) is 1. The van der Waals surface area contributed by atoms with E-state index in [0.717, 1.165) is 5.01 Å². The molecule has 1 aromatic rings. The van der Waals surface area contributed by atoms with Crippen LogP contribution in [0, 0.1) is 0 Å². The summed E-state index contributed by atoms with van der Waals surface area (Å²) in [6.45, 7) is 0. The van der Waals surface area contributed by atoms with E-state index in [0.29, 0.717) is 6.42 Å². The van der Waals surface area contributed by atoms with E-state index in [-0.39, 0.29) is 0 Å². The van der Waals surface area contributed by atoms with Crippen molar-refractivity contribution in [2.45, 2.75) is 12.5 Å². The smallest absolute Gasteiger partial charge is 0.323 e. The molecule has 0 aromatic carbocycles. The molecule has 1 heterocycles. The second kappa shape index (κ2) is 4.18. The number of methoxy groups -OCH3 is 1. The summed E-state index contributed by atoms with van der Waals surface area (Å²) in [5.41, 5.74) is 5.51. The Morgan fingerprint density at radius 1 is 1.92 bits per heavy atom. The minimum absolute atomic E-state index is 0.398. The van der Waals surface area contributed by atoms with Gasteiger partial charge in [0.15, 0.2) is 0 Å². The number of rotatable bonds is 3. The van der Waals surface area contributed by atoms with Crippen molar-refractivity contribution >= 4 is 17.3 Å². The summed E-state index contributed by atoms with van der Waals surface area (Å²) in [6, 6.07) is -0.596. The fourth-order valence-corrected chi connectivity index (χ4v) is 1.45. The Labute approximate surface area is 74.4 Å². The van der Waals surface area contributed by atoms with Crippen LogP contribution in [-0.4, -0.2) is 24.1 Å². The van der Waals surface area contributed by atoms with Crippen LogP contribution < -0.4 is 5.73 Å². The zero-order valence-electron chi connectivity index (χ0n) is 6.69. The zero-order valence-corrected chi connectivity index (χ0v) is 7.50. The lowest BCUT2D eigenvalue weighted by Crippen LogP contribution is -2.33. The maximum Gasteiger partial charge on any atom is 0.323 e. The molecule has 2 N–H and O–H groups in total. The molecule has 1 rings (SSSR count). The normalized spacial score (nSPS) is 12.5. The van der Waals surface area contributed by atoms with Gasteiger partial charge in [-0.25, -0.2) is 4.98 Å². The minimum Gasteiger partial charge on any atom is -0.468 e. The molecule has 0 saturated carbocycles. The topological polar surface area (TPSA) is 65.2 Å². The summed E-state index contributed by atoms with van der Waals surface area (Å²) in [6.07, 6.45) is 2.13. The molecule has 0 spiro atoms. The van der Waals surface area contributed by atoms with Crippen molar-refractivity contribution in [2.75, 3.05) is 7.11 Å². The molecule has 0 unspecified atom stereocenters. The van der Waals surface area contributed by atoms with E-state index < -0.39 is 12.0 Å². The summed E-state index contributed by atoms with van der Waals surface area (Å²) in [5.74, 6) is -0.398. The summed E-state index contributed by atoms with van der Waals surface area (Å²) in [4.78, 5) is 14.9. The van der Waals surface area contributed by atoms with E-state index in [1.165, 1.54) is 18.4 Å². The first-order valence-electron chi connectivity index (χ1n) is 3.46. The van der Waals surface area contributed by atoms with Gasteiger partial charge in [0.25, 0.3) is 0 Å². The molecule has 1 aromatic heterocycles. The fraction of sp³-hybridized carbons (Fsp3) is 0.429. The summed E-state index contributed by atoms with van der Waals surface area (Å²) in [5, 5.41) is 2.70. The molecule has 1 atom stereocenters. The molecular formula is C7H10N2O2S. The molecular weight excluding hydrogens is 176 g/mol. The molecule has 0 bridgehead atoms. The molecule has 0 radical (unpaired) electrons. The first kappa shape index (κ1) is 9.15. The molecule has 66 valence electrons. The van der Waals surface area contributed by atoms with Gasteiger partial charge in [-0.1, -0.05) is 0 Å². The van der Waals surface area contributed by atoms with Crippen molar-refractivity contribution in [3.8, 4) is 0 Å². The lowest BCUT2D eigenvalue weighted by atomic mass is 10.2. The third kappa shape index (κ3) is 2.28. The number of esters is 1. The number of thiazole rings is 1. The quantitative estimate of drug-likeness (QED) is 0.684. The average molecular weight is 186 g/mol. The number of nitrogens with zero attached hydrogens (tertiary/aromatic N) is 1. The van der Waals surface area contributed by atoms with Crippen molar-refractivity contribution in [2.24, 2.45) is 5.73 Å². The second-order valence-electron chi connectivity index (χ2n) is 2.26. The summed E-state index contributed by atoms with van der Waals surface area (Å²) >= 11 is 1.48. The highest BCUT2D eigenvalue weighted by molar-refractivity contribution is 7.09. The van der Waals surface area contributed by atoms with Gasteiger partial charge in [-0.05, 0) is 0 Å². The molecule has 12 heavy (non-hydrogen) atoms. The van der Waals surface area contributed by atoms with Crippen LogP contribution in [0.4, 0.5) is 0 Å². The molecule has 0 saturated heterocycles. The predicted molar refractivity (Wildman–Crippen MR) is 45.8 cm³/mol. The number of hydrogen-bond donors (Lipinski definition) is 1. The zero-order chi connectivity index (χ0) is 8.97. The highest BCUT2D eigenvalue weighted by Crippen LogP contribution is 2.06. The summed E-state index contributed by atoms with van der Waals surface area (Å²) in [7, 11) is 1.32. The molecule has 0 aliphatic rings. The van der Waals surface area contributed by atoms with Crippen molar-refractivity contribution in [1.29, 1.82) is 0 Å². The SMILES string of the molecule is COC(=O)[C@@H](N)Cc1nccs1. The first-order chi connectivity index (χ1) is 5.74. The van der Waals surface area contributed by atoms with Gasteiger partial charge < -0.3 is 10.5 Å². The van der Waals surface area contributed by atoms with Crippen LogP contribution in [0.1, 0.15) is 5.01 Å². The number of carbonyl (C=O) groups excluding carboxylic acids is 1. The van der Waals surface area contributed by atoms with Crippen molar-refractivity contribution < 1.29 is 9.53 Å². The van der Waals surface area contributed by atoms with Crippen LogP contribution in [-0.2, 0) is 16.0 Å².